The summed E-state index contributed by atoms with van der Waals surface area (Å²) in [6.45, 7) is 3.64. The first-order valence-corrected chi connectivity index (χ1v) is 5.98. The summed E-state index contributed by atoms with van der Waals surface area (Å²) in [6, 6.07) is 5.62. The van der Waals surface area contributed by atoms with Crippen molar-refractivity contribution in [3.05, 3.63) is 18.2 Å². The van der Waals surface area contributed by atoms with Crippen molar-refractivity contribution in [2.75, 3.05) is 30.8 Å². The molecule has 94 valence electrons. The van der Waals surface area contributed by atoms with Gasteiger partial charge in [0.25, 0.3) is 0 Å². The van der Waals surface area contributed by atoms with Gasteiger partial charge in [-0.05, 0) is 24.5 Å². The Balaban J connectivity index is 2.21. The molecule has 1 saturated heterocycles. The van der Waals surface area contributed by atoms with Crippen LogP contribution in [0, 0.1) is 5.92 Å². The van der Waals surface area contributed by atoms with E-state index >= 15 is 0 Å². The predicted molar refractivity (Wildman–Crippen MR) is 69.4 cm³/mol. The Morgan fingerprint density at radius 3 is 2.88 bits per heavy atom. The number of nitrogens with zero attached hydrogens (tertiary/aromatic N) is 1. The lowest BCUT2D eigenvalue weighted by atomic mass is 9.95. The number of benzene rings is 1. The average molecular weight is 236 g/mol. The molecule has 2 atom stereocenters. The van der Waals surface area contributed by atoms with E-state index in [9.17, 15) is 5.11 Å². The summed E-state index contributed by atoms with van der Waals surface area (Å²) in [5.41, 5.74) is 7.66. The number of methoxy groups -OCH3 is 1. The molecule has 1 fully saturated rings. The van der Waals surface area contributed by atoms with Crippen LogP contribution < -0.4 is 15.4 Å². The maximum absolute atomic E-state index is 9.91. The number of anilines is 2. The summed E-state index contributed by atoms with van der Waals surface area (Å²) in [6.07, 6.45) is 0.701. The van der Waals surface area contributed by atoms with E-state index in [1.54, 1.807) is 7.11 Å². The van der Waals surface area contributed by atoms with Gasteiger partial charge in [-0.25, -0.2) is 0 Å². The number of hydrogen-bond donors (Lipinski definition) is 2. The molecule has 2 rings (SSSR count). The van der Waals surface area contributed by atoms with Gasteiger partial charge in [0.2, 0.25) is 0 Å². The Labute approximate surface area is 102 Å². The highest BCUT2D eigenvalue weighted by atomic mass is 16.5. The quantitative estimate of drug-likeness (QED) is 0.764. The number of aliphatic hydroxyl groups is 1. The van der Waals surface area contributed by atoms with Crippen LogP contribution in [-0.2, 0) is 0 Å². The normalized spacial score (nSPS) is 24.8. The standard InChI is InChI=1S/C13H20N2O2/c1-9-5-6-15(8-13(9)16)12-7-10(17-2)3-4-11(12)14/h3-4,7,9,13,16H,5-6,8,14H2,1-2H3. The van der Waals surface area contributed by atoms with Crippen molar-refractivity contribution in [1.29, 1.82) is 0 Å². The number of rotatable bonds is 2. The predicted octanol–water partition coefficient (Wildman–Crippen LogP) is 1.48. The second kappa shape index (κ2) is 4.84. The van der Waals surface area contributed by atoms with Crippen molar-refractivity contribution >= 4 is 11.4 Å². The van der Waals surface area contributed by atoms with Crippen molar-refractivity contribution in [3.8, 4) is 5.75 Å². The first kappa shape index (κ1) is 12.0. The summed E-state index contributed by atoms with van der Waals surface area (Å²) < 4.78 is 5.20. The molecule has 0 amide bonds. The van der Waals surface area contributed by atoms with E-state index in [0.29, 0.717) is 12.5 Å². The van der Waals surface area contributed by atoms with Gasteiger partial charge in [0.1, 0.15) is 5.75 Å². The van der Waals surface area contributed by atoms with Crippen molar-refractivity contribution in [3.63, 3.8) is 0 Å². The highest BCUT2D eigenvalue weighted by Gasteiger charge is 2.25. The van der Waals surface area contributed by atoms with Gasteiger partial charge in [-0.2, -0.15) is 0 Å². The molecule has 1 heterocycles. The second-order valence-electron chi connectivity index (χ2n) is 4.70. The van der Waals surface area contributed by atoms with Gasteiger partial charge in [0.05, 0.1) is 24.6 Å². The number of nitrogens with two attached hydrogens (primary N) is 1. The fourth-order valence-corrected chi connectivity index (χ4v) is 2.19. The molecule has 17 heavy (non-hydrogen) atoms. The molecule has 0 spiro atoms. The lowest BCUT2D eigenvalue weighted by Crippen LogP contribution is -2.43. The van der Waals surface area contributed by atoms with Crippen LogP contribution in [0.1, 0.15) is 13.3 Å². The molecular formula is C13H20N2O2. The Morgan fingerprint density at radius 2 is 2.24 bits per heavy atom. The fourth-order valence-electron chi connectivity index (χ4n) is 2.19. The Kier molecular flexibility index (Phi) is 3.43. The molecule has 2 unspecified atom stereocenters. The minimum atomic E-state index is -0.283. The van der Waals surface area contributed by atoms with E-state index in [2.05, 4.69) is 11.8 Å². The molecule has 0 radical (unpaired) electrons. The maximum Gasteiger partial charge on any atom is 0.121 e. The van der Waals surface area contributed by atoms with Crippen LogP contribution in [0.3, 0.4) is 0 Å². The van der Waals surface area contributed by atoms with Gasteiger partial charge in [0.15, 0.2) is 0 Å². The van der Waals surface area contributed by atoms with Gasteiger partial charge in [-0.3, -0.25) is 0 Å². The fraction of sp³-hybridized carbons (Fsp3) is 0.538. The Morgan fingerprint density at radius 1 is 1.47 bits per heavy atom. The zero-order valence-corrected chi connectivity index (χ0v) is 10.4. The van der Waals surface area contributed by atoms with Crippen LogP contribution in [-0.4, -0.2) is 31.4 Å². The molecule has 1 aliphatic rings. The summed E-state index contributed by atoms with van der Waals surface area (Å²) >= 11 is 0. The van der Waals surface area contributed by atoms with Crippen molar-refractivity contribution in [2.24, 2.45) is 5.92 Å². The topological polar surface area (TPSA) is 58.7 Å². The maximum atomic E-state index is 9.91. The Hall–Kier alpha value is -1.42. The van der Waals surface area contributed by atoms with Crippen LogP contribution in [0.25, 0.3) is 0 Å². The first-order valence-electron chi connectivity index (χ1n) is 5.98. The molecule has 0 aromatic heterocycles. The first-order chi connectivity index (χ1) is 8.11. The molecule has 1 aromatic rings. The van der Waals surface area contributed by atoms with Crippen molar-refractivity contribution < 1.29 is 9.84 Å². The molecular weight excluding hydrogens is 216 g/mol. The van der Waals surface area contributed by atoms with Gasteiger partial charge >= 0.3 is 0 Å². The molecule has 0 aliphatic carbocycles. The zero-order valence-electron chi connectivity index (χ0n) is 10.4. The SMILES string of the molecule is COc1ccc(N)c(N2CCC(C)C(O)C2)c1. The van der Waals surface area contributed by atoms with E-state index in [4.69, 9.17) is 10.5 Å². The van der Waals surface area contributed by atoms with E-state index in [1.807, 2.05) is 18.2 Å². The van der Waals surface area contributed by atoms with Gasteiger partial charge < -0.3 is 20.5 Å². The third-order valence-electron chi connectivity index (χ3n) is 3.50. The number of ether oxygens (including phenoxy) is 1. The summed E-state index contributed by atoms with van der Waals surface area (Å²) in [7, 11) is 1.64. The van der Waals surface area contributed by atoms with Crippen LogP contribution in [0.15, 0.2) is 18.2 Å². The molecule has 0 saturated carbocycles. The lowest BCUT2D eigenvalue weighted by molar-refractivity contribution is 0.103. The number of piperidine rings is 1. The number of nitrogen functional groups attached to an aromatic ring is 1. The van der Waals surface area contributed by atoms with Crippen LogP contribution in [0.2, 0.25) is 0 Å². The third kappa shape index (κ3) is 2.47. The average Bonchev–Trinajstić information content (AvgIpc) is 2.33. The van der Waals surface area contributed by atoms with Crippen LogP contribution >= 0.6 is 0 Å². The molecule has 3 N–H and O–H groups in total. The summed E-state index contributed by atoms with van der Waals surface area (Å²) in [4.78, 5) is 2.13. The minimum Gasteiger partial charge on any atom is -0.497 e. The Bertz CT molecular complexity index is 395. The van der Waals surface area contributed by atoms with Crippen molar-refractivity contribution in [1.82, 2.24) is 0 Å². The lowest BCUT2D eigenvalue weighted by Gasteiger charge is -2.36. The summed E-state index contributed by atoms with van der Waals surface area (Å²) in [5.74, 6) is 1.15. The molecule has 4 heteroatoms. The van der Waals surface area contributed by atoms with E-state index < -0.39 is 0 Å². The molecule has 1 aliphatic heterocycles. The highest BCUT2D eigenvalue weighted by molar-refractivity contribution is 5.69. The van der Waals surface area contributed by atoms with Crippen molar-refractivity contribution in [2.45, 2.75) is 19.4 Å². The van der Waals surface area contributed by atoms with Gasteiger partial charge in [-0.1, -0.05) is 6.92 Å². The van der Waals surface area contributed by atoms with Gasteiger partial charge in [-0.15, -0.1) is 0 Å². The van der Waals surface area contributed by atoms with E-state index in [1.165, 1.54) is 0 Å². The largest absolute Gasteiger partial charge is 0.497 e. The van der Waals surface area contributed by atoms with Gasteiger partial charge in [0, 0.05) is 19.2 Å². The van der Waals surface area contributed by atoms with E-state index in [0.717, 1.165) is 30.1 Å². The number of hydrogen-bond acceptors (Lipinski definition) is 4. The molecule has 4 nitrogen and oxygen atoms in total. The zero-order chi connectivity index (χ0) is 12.4. The van der Waals surface area contributed by atoms with E-state index in [-0.39, 0.29) is 6.10 Å². The highest BCUT2D eigenvalue weighted by Crippen LogP contribution is 2.31. The van der Waals surface area contributed by atoms with Crippen LogP contribution in [0.5, 0.6) is 5.75 Å². The summed E-state index contributed by atoms with van der Waals surface area (Å²) in [5, 5.41) is 9.91. The second-order valence-corrected chi connectivity index (χ2v) is 4.70. The third-order valence-corrected chi connectivity index (χ3v) is 3.50. The van der Waals surface area contributed by atoms with Crippen LogP contribution in [0.4, 0.5) is 11.4 Å². The minimum absolute atomic E-state index is 0.283. The number of β-amino-alcohol motifs (C(OH)–C–C–N with tert-alkyl or cyclic N) is 1. The molecule has 1 aromatic carbocycles. The monoisotopic (exact) mass is 236 g/mol. The molecule has 0 bridgehead atoms. The number of aliphatic hydroxyl groups excluding tert-OH is 1. The smallest absolute Gasteiger partial charge is 0.121 e.